The topological polar surface area (TPSA) is 105 Å². The summed E-state index contributed by atoms with van der Waals surface area (Å²) in [5.74, 6) is 0.693. The number of ether oxygens (including phenoxy) is 2. The molecule has 0 bridgehead atoms. The highest BCUT2D eigenvalue weighted by Crippen LogP contribution is 2.30. The van der Waals surface area contributed by atoms with Crippen LogP contribution < -0.4 is 19.7 Å². The first-order chi connectivity index (χ1) is 15.3. The molecule has 162 valence electrons. The van der Waals surface area contributed by atoms with Crippen molar-refractivity contribution in [2.45, 2.75) is 6.92 Å². The van der Waals surface area contributed by atoms with Gasteiger partial charge in [-0.2, -0.15) is 0 Å². The van der Waals surface area contributed by atoms with E-state index in [0.29, 0.717) is 23.7 Å². The van der Waals surface area contributed by atoms with Crippen molar-refractivity contribution >= 4 is 46.9 Å². The molecule has 2 N–H and O–H groups in total. The number of benzene rings is 2. The van der Waals surface area contributed by atoms with E-state index in [1.165, 1.54) is 30.3 Å². The molecule has 1 aliphatic heterocycles. The van der Waals surface area contributed by atoms with Gasteiger partial charge in [0, 0.05) is 0 Å². The van der Waals surface area contributed by atoms with Crippen LogP contribution in [0.15, 0.2) is 48.0 Å². The number of carbonyl (C=O) groups excluding carboxylic acids is 2. The Labute approximate surface area is 189 Å². The van der Waals surface area contributed by atoms with Crippen molar-refractivity contribution in [2.24, 2.45) is 0 Å². The number of nitrogens with one attached hydrogen (secondary N) is 1. The van der Waals surface area contributed by atoms with Crippen molar-refractivity contribution in [3.8, 4) is 23.8 Å². The third kappa shape index (κ3) is 4.77. The molecule has 0 unspecified atom stereocenters. The Bertz CT molecular complexity index is 1180. The number of rotatable bonds is 7. The molecular weight excluding hydrogens is 432 g/mol. The molecule has 0 aliphatic carbocycles. The van der Waals surface area contributed by atoms with E-state index >= 15 is 0 Å². The van der Waals surface area contributed by atoms with Crippen LogP contribution in [0.25, 0.3) is 6.08 Å². The van der Waals surface area contributed by atoms with Crippen LogP contribution in [0.2, 0.25) is 0 Å². The van der Waals surface area contributed by atoms with Crippen LogP contribution in [-0.2, 0) is 9.59 Å². The van der Waals surface area contributed by atoms with Gasteiger partial charge in [0.25, 0.3) is 11.8 Å². The zero-order valence-electron chi connectivity index (χ0n) is 17.0. The Hall–Kier alpha value is -4.16. The van der Waals surface area contributed by atoms with E-state index in [1.54, 1.807) is 25.1 Å². The molecule has 1 heterocycles. The first kappa shape index (κ1) is 22.5. The van der Waals surface area contributed by atoms with Crippen LogP contribution in [0.3, 0.4) is 0 Å². The van der Waals surface area contributed by atoms with Gasteiger partial charge in [0.05, 0.1) is 17.9 Å². The van der Waals surface area contributed by atoms with Gasteiger partial charge < -0.3 is 14.6 Å². The second-order valence-corrected chi connectivity index (χ2v) is 6.83. The van der Waals surface area contributed by atoms with Gasteiger partial charge in [-0.1, -0.05) is 18.1 Å². The van der Waals surface area contributed by atoms with Crippen molar-refractivity contribution in [1.82, 2.24) is 5.32 Å². The van der Waals surface area contributed by atoms with Gasteiger partial charge in [-0.3, -0.25) is 19.8 Å². The highest BCUT2D eigenvalue weighted by Gasteiger charge is 2.34. The lowest BCUT2D eigenvalue weighted by Crippen LogP contribution is -2.54. The highest BCUT2D eigenvalue weighted by molar-refractivity contribution is 7.80. The predicted molar refractivity (Wildman–Crippen MR) is 122 cm³/mol. The molecule has 8 nitrogen and oxygen atoms in total. The van der Waals surface area contributed by atoms with Gasteiger partial charge in [0.1, 0.15) is 12.2 Å². The monoisotopic (exact) mass is 450 g/mol. The van der Waals surface area contributed by atoms with Gasteiger partial charge in [0.2, 0.25) is 0 Å². The molecule has 1 saturated heterocycles. The van der Waals surface area contributed by atoms with E-state index in [2.05, 4.69) is 11.2 Å². The van der Waals surface area contributed by atoms with Crippen LogP contribution in [0, 0.1) is 12.3 Å². The molecule has 1 fully saturated rings. The number of amides is 2. The minimum Gasteiger partial charge on any atom is -0.490 e. The van der Waals surface area contributed by atoms with E-state index in [1.807, 2.05) is 0 Å². The van der Waals surface area contributed by atoms with Gasteiger partial charge in [-0.05, 0) is 61.1 Å². The maximum absolute atomic E-state index is 13.1. The largest absolute Gasteiger partial charge is 0.490 e. The third-order valence-electron chi connectivity index (χ3n) is 4.34. The molecule has 2 aromatic rings. The average molecular weight is 450 g/mol. The fourth-order valence-electron chi connectivity index (χ4n) is 2.96. The van der Waals surface area contributed by atoms with Crippen molar-refractivity contribution < 1.29 is 29.0 Å². The number of carboxylic acid groups (broad SMARTS) is 1. The summed E-state index contributed by atoms with van der Waals surface area (Å²) < 4.78 is 11.0. The zero-order valence-corrected chi connectivity index (χ0v) is 17.8. The minimum absolute atomic E-state index is 0.0237. The molecule has 9 heteroatoms. The Kier molecular flexibility index (Phi) is 6.87. The lowest BCUT2D eigenvalue weighted by atomic mass is 10.1. The Balaban J connectivity index is 1.99. The first-order valence-electron chi connectivity index (χ1n) is 9.43. The van der Waals surface area contributed by atoms with Crippen LogP contribution in [0.1, 0.15) is 22.8 Å². The zero-order chi connectivity index (χ0) is 23.3. The number of terminal acetylenes is 1. The summed E-state index contributed by atoms with van der Waals surface area (Å²) >= 11 is 5.15. The number of hydrogen-bond acceptors (Lipinski definition) is 6. The lowest BCUT2D eigenvalue weighted by molar-refractivity contribution is -0.122. The van der Waals surface area contributed by atoms with Crippen molar-refractivity contribution in [1.29, 1.82) is 0 Å². The third-order valence-corrected chi connectivity index (χ3v) is 4.63. The molecule has 3 rings (SSSR count). The molecule has 2 amide bonds. The van der Waals surface area contributed by atoms with Gasteiger partial charge >= 0.3 is 5.97 Å². The first-order valence-corrected chi connectivity index (χ1v) is 9.84. The predicted octanol–water partition coefficient (Wildman–Crippen LogP) is 2.63. The van der Waals surface area contributed by atoms with Gasteiger partial charge in [0.15, 0.2) is 16.6 Å². The van der Waals surface area contributed by atoms with E-state index < -0.39 is 17.8 Å². The van der Waals surface area contributed by atoms with Crippen molar-refractivity contribution in [3.63, 3.8) is 0 Å². The SMILES string of the molecule is C#CCOc1ccc(C=C2C(=O)NC(=S)N(c3cccc(C(=O)O)c3)C2=O)cc1OCC. The fourth-order valence-corrected chi connectivity index (χ4v) is 3.24. The van der Waals surface area contributed by atoms with Gasteiger partial charge in [-0.15, -0.1) is 6.42 Å². The molecule has 0 atom stereocenters. The Morgan fingerprint density at radius 2 is 2.00 bits per heavy atom. The van der Waals surface area contributed by atoms with E-state index in [0.717, 1.165) is 4.90 Å². The number of carbonyl (C=O) groups is 3. The number of carboxylic acids is 1. The number of anilines is 1. The summed E-state index contributed by atoms with van der Waals surface area (Å²) in [5.41, 5.74) is 0.523. The smallest absolute Gasteiger partial charge is 0.335 e. The standard InChI is InChI=1S/C23H18N2O6S/c1-3-10-31-18-9-8-14(12-19(18)30-4-2)11-17-20(26)24-23(32)25(21(17)27)16-7-5-6-15(13-16)22(28)29/h1,5-9,11-13H,4,10H2,2H3,(H,28,29)(H,24,26,32). The second kappa shape index (κ2) is 9.76. The summed E-state index contributed by atoms with van der Waals surface area (Å²) in [6.45, 7) is 2.23. The molecule has 0 radical (unpaired) electrons. The maximum Gasteiger partial charge on any atom is 0.335 e. The summed E-state index contributed by atoms with van der Waals surface area (Å²) in [7, 11) is 0. The minimum atomic E-state index is -1.15. The molecular formula is C23H18N2O6S. The van der Waals surface area contributed by atoms with Crippen molar-refractivity contribution in [2.75, 3.05) is 18.1 Å². The number of aromatic carboxylic acids is 1. The van der Waals surface area contributed by atoms with Crippen LogP contribution in [0.4, 0.5) is 5.69 Å². The van der Waals surface area contributed by atoms with E-state index in [-0.39, 0.29) is 28.5 Å². The molecule has 32 heavy (non-hydrogen) atoms. The van der Waals surface area contributed by atoms with Crippen LogP contribution in [0.5, 0.6) is 11.5 Å². The Morgan fingerprint density at radius 3 is 2.69 bits per heavy atom. The molecule has 0 spiro atoms. The molecule has 2 aromatic carbocycles. The van der Waals surface area contributed by atoms with Crippen LogP contribution in [-0.4, -0.2) is 41.2 Å². The fraction of sp³-hybridized carbons (Fsp3) is 0.130. The number of nitrogens with zero attached hydrogens (tertiary/aromatic N) is 1. The summed E-state index contributed by atoms with van der Waals surface area (Å²) in [6, 6.07) is 10.6. The molecule has 0 aromatic heterocycles. The number of hydrogen-bond donors (Lipinski definition) is 2. The Morgan fingerprint density at radius 1 is 1.22 bits per heavy atom. The van der Waals surface area contributed by atoms with E-state index in [9.17, 15) is 19.5 Å². The van der Waals surface area contributed by atoms with E-state index in [4.69, 9.17) is 28.1 Å². The molecule has 1 aliphatic rings. The maximum atomic E-state index is 13.1. The summed E-state index contributed by atoms with van der Waals surface area (Å²) in [6.07, 6.45) is 6.62. The normalized spacial score (nSPS) is 14.7. The van der Waals surface area contributed by atoms with Gasteiger partial charge in [-0.25, -0.2) is 4.79 Å². The summed E-state index contributed by atoms with van der Waals surface area (Å²) in [5, 5.41) is 11.5. The number of thiocarbonyl (C=S) groups is 1. The quantitative estimate of drug-likeness (QED) is 0.289. The lowest BCUT2D eigenvalue weighted by Gasteiger charge is -2.29. The second-order valence-electron chi connectivity index (χ2n) is 6.45. The van der Waals surface area contributed by atoms with Crippen LogP contribution >= 0.6 is 12.2 Å². The average Bonchev–Trinajstić information content (AvgIpc) is 2.76. The molecule has 0 saturated carbocycles. The van der Waals surface area contributed by atoms with Crippen molar-refractivity contribution in [3.05, 3.63) is 59.2 Å². The highest BCUT2D eigenvalue weighted by atomic mass is 32.1. The summed E-state index contributed by atoms with van der Waals surface area (Å²) in [4.78, 5) is 38.0.